The molecular weight excluding hydrogens is 247 g/mol. The molecule has 19 heavy (non-hydrogen) atoms. The molecule has 2 rings (SSSR count). The highest BCUT2D eigenvalue weighted by atomic mass is 19.1. The number of methoxy groups -OCH3 is 1. The van der Waals surface area contributed by atoms with E-state index in [0.29, 0.717) is 23.9 Å². The zero-order valence-corrected chi connectivity index (χ0v) is 10.8. The summed E-state index contributed by atoms with van der Waals surface area (Å²) in [6, 6.07) is 6.39. The number of nitrogens with one attached hydrogen (secondary N) is 2. The fourth-order valence-electron chi connectivity index (χ4n) is 1.70. The van der Waals surface area contributed by atoms with Crippen LogP contribution in [0, 0.1) is 5.82 Å². The highest BCUT2D eigenvalue weighted by molar-refractivity contribution is 5.63. The van der Waals surface area contributed by atoms with Crippen LogP contribution in [0.3, 0.4) is 0 Å². The van der Waals surface area contributed by atoms with Crippen molar-refractivity contribution < 1.29 is 9.13 Å². The van der Waals surface area contributed by atoms with Gasteiger partial charge in [0.15, 0.2) is 11.6 Å². The van der Waals surface area contributed by atoms with Gasteiger partial charge < -0.3 is 15.4 Å². The van der Waals surface area contributed by atoms with Crippen LogP contribution in [0.4, 0.5) is 16.0 Å². The van der Waals surface area contributed by atoms with Crippen molar-refractivity contribution in [1.82, 2.24) is 9.97 Å². The van der Waals surface area contributed by atoms with Crippen LogP contribution in [-0.4, -0.2) is 24.1 Å². The smallest absolute Gasteiger partial charge is 0.204 e. The maximum atomic E-state index is 13.1. The van der Waals surface area contributed by atoms with Crippen molar-refractivity contribution in [2.75, 3.05) is 24.8 Å². The van der Waals surface area contributed by atoms with Gasteiger partial charge in [0.2, 0.25) is 5.75 Å². The number of ether oxygens (including phenoxy) is 1. The van der Waals surface area contributed by atoms with Gasteiger partial charge in [-0.15, -0.1) is 0 Å². The molecule has 6 heteroatoms. The lowest BCUT2D eigenvalue weighted by molar-refractivity contribution is 0.415. The molecule has 1 aromatic carbocycles. The first-order valence-electron chi connectivity index (χ1n) is 5.79. The maximum absolute atomic E-state index is 13.1. The van der Waals surface area contributed by atoms with E-state index >= 15 is 0 Å². The molecule has 0 aliphatic heterocycles. The van der Waals surface area contributed by atoms with Crippen LogP contribution in [0.2, 0.25) is 0 Å². The molecule has 0 saturated heterocycles. The number of halogens is 1. The molecule has 0 saturated carbocycles. The standard InChI is InChI=1S/C13H15FN4O/c1-15-12-11(19-2)13(18-8-17-12)16-7-9-4-3-5-10(14)6-9/h3-6,8H,7H2,1-2H3,(H2,15,16,17,18). The number of benzene rings is 1. The van der Waals surface area contributed by atoms with E-state index in [2.05, 4.69) is 20.6 Å². The molecule has 5 nitrogen and oxygen atoms in total. The molecule has 0 unspecified atom stereocenters. The van der Waals surface area contributed by atoms with Gasteiger partial charge in [0.1, 0.15) is 12.1 Å². The lowest BCUT2D eigenvalue weighted by Gasteiger charge is -2.12. The van der Waals surface area contributed by atoms with Gasteiger partial charge in [-0.05, 0) is 17.7 Å². The molecule has 0 bridgehead atoms. The van der Waals surface area contributed by atoms with Crippen LogP contribution in [0.1, 0.15) is 5.56 Å². The Kier molecular flexibility index (Phi) is 4.12. The van der Waals surface area contributed by atoms with Crippen molar-refractivity contribution in [3.63, 3.8) is 0 Å². The Bertz CT molecular complexity index is 562. The second-order valence-corrected chi connectivity index (χ2v) is 3.84. The largest absolute Gasteiger partial charge is 0.490 e. The Balaban J connectivity index is 2.15. The van der Waals surface area contributed by atoms with E-state index in [0.717, 1.165) is 5.56 Å². The third-order valence-corrected chi connectivity index (χ3v) is 2.59. The summed E-state index contributed by atoms with van der Waals surface area (Å²) in [5, 5.41) is 6.02. The predicted molar refractivity (Wildman–Crippen MR) is 71.9 cm³/mol. The molecule has 0 fully saturated rings. The normalized spacial score (nSPS) is 10.1. The lowest BCUT2D eigenvalue weighted by Crippen LogP contribution is -2.06. The minimum Gasteiger partial charge on any atom is -0.490 e. The van der Waals surface area contributed by atoms with E-state index < -0.39 is 0 Å². The summed E-state index contributed by atoms with van der Waals surface area (Å²) in [6.07, 6.45) is 1.43. The van der Waals surface area contributed by atoms with Crippen LogP contribution >= 0.6 is 0 Å². The second kappa shape index (κ2) is 5.99. The highest BCUT2D eigenvalue weighted by Crippen LogP contribution is 2.28. The molecule has 100 valence electrons. The monoisotopic (exact) mass is 262 g/mol. The van der Waals surface area contributed by atoms with E-state index in [1.807, 2.05) is 6.07 Å². The Morgan fingerprint density at radius 1 is 1.26 bits per heavy atom. The number of rotatable bonds is 5. The first-order valence-corrected chi connectivity index (χ1v) is 5.79. The van der Waals surface area contributed by atoms with E-state index in [1.54, 1.807) is 20.2 Å². The quantitative estimate of drug-likeness (QED) is 0.865. The zero-order chi connectivity index (χ0) is 13.7. The summed E-state index contributed by atoms with van der Waals surface area (Å²) in [7, 11) is 3.30. The van der Waals surface area contributed by atoms with Gasteiger partial charge in [-0.1, -0.05) is 12.1 Å². The minimum absolute atomic E-state index is 0.259. The van der Waals surface area contributed by atoms with E-state index in [1.165, 1.54) is 18.5 Å². The van der Waals surface area contributed by atoms with Crippen molar-refractivity contribution in [2.45, 2.75) is 6.54 Å². The van der Waals surface area contributed by atoms with Gasteiger partial charge in [0.25, 0.3) is 0 Å². The molecule has 0 amide bonds. The van der Waals surface area contributed by atoms with Gasteiger partial charge in [0.05, 0.1) is 7.11 Å². The van der Waals surface area contributed by atoms with Crippen LogP contribution in [-0.2, 0) is 6.54 Å². The van der Waals surface area contributed by atoms with Gasteiger partial charge in [0, 0.05) is 13.6 Å². The third kappa shape index (κ3) is 3.09. The second-order valence-electron chi connectivity index (χ2n) is 3.84. The molecule has 0 radical (unpaired) electrons. The van der Waals surface area contributed by atoms with Crippen molar-refractivity contribution in [3.05, 3.63) is 42.0 Å². The maximum Gasteiger partial charge on any atom is 0.204 e. The first kappa shape index (κ1) is 13.1. The number of hydrogen-bond acceptors (Lipinski definition) is 5. The summed E-state index contributed by atoms with van der Waals surface area (Å²) >= 11 is 0. The molecule has 2 aromatic rings. The Morgan fingerprint density at radius 3 is 2.74 bits per heavy atom. The van der Waals surface area contributed by atoms with Crippen molar-refractivity contribution >= 4 is 11.6 Å². The first-order chi connectivity index (χ1) is 9.24. The topological polar surface area (TPSA) is 59.1 Å². The number of hydrogen-bond donors (Lipinski definition) is 2. The van der Waals surface area contributed by atoms with Gasteiger partial charge in [-0.3, -0.25) is 0 Å². The Labute approximate surface area is 110 Å². The van der Waals surface area contributed by atoms with Crippen molar-refractivity contribution in [2.24, 2.45) is 0 Å². The molecule has 0 aliphatic rings. The molecule has 1 heterocycles. The fourth-order valence-corrected chi connectivity index (χ4v) is 1.70. The summed E-state index contributed by atoms with van der Waals surface area (Å²) in [6.45, 7) is 0.453. The highest BCUT2D eigenvalue weighted by Gasteiger charge is 2.10. The predicted octanol–water partition coefficient (Wildman–Crippen LogP) is 2.28. The van der Waals surface area contributed by atoms with E-state index in [9.17, 15) is 4.39 Å². The van der Waals surface area contributed by atoms with Gasteiger partial charge in [-0.2, -0.15) is 0 Å². The molecule has 0 atom stereocenters. The fraction of sp³-hybridized carbons (Fsp3) is 0.231. The minimum atomic E-state index is -0.259. The van der Waals surface area contributed by atoms with Gasteiger partial charge in [-0.25, -0.2) is 14.4 Å². The SMILES string of the molecule is CNc1ncnc(NCc2cccc(F)c2)c1OC. The molecule has 0 spiro atoms. The average Bonchev–Trinajstić information content (AvgIpc) is 2.44. The van der Waals surface area contributed by atoms with E-state index in [-0.39, 0.29) is 5.82 Å². The van der Waals surface area contributed by atoms with Crippen LogP contribution in [0.5, 0.6) is 5.75 Å². The average molecular weight is 262 g/mol. The molecule has 0 aliphatic carbocycles. The summed E-state index contributed by atoms with van der Waals surface area (Å²) in [4.78, 5) is 8.17. The lowest BCUT2D eigenvalue weighted by atomic mass is 10.2. The van der Waals surface area contributed by atoms with Crippen LogP contribution < -0.4 is 15.4 Å². The van der Waals surface area contributed by atoms with Crippen LogP contribution in [0.15, 0.2) is 30.6 Å². The molecular formula is C13H15FN4O. The van der Waals surface area contributed by atoms with E-state index in [4.69, 9.17) is 4.74 Å². The third-order valence-electron chi connectivity index (χ3n) is 2.59. The molecule has 1 aromatic heterocycles. The summed E-state index contributed by atoms with van der Waals surface area (Å²) < 4.78 is 18.3. The van der Waals surface area contributed by atoms with Crippen LogP contribution in [0.25, 0.3) is 0 Å². The number of anilines is 2. The van der Waals surface area contributed by atoms with Gasteiger partial charge >= 0.3 is 0 Å². The zero-order valence-electron chi connectivity index (χ0n) is 10.8. The summed E-state index contributed by atoms with van der Waals surface area (Å²) in [5.74, 6) is 1.43. The Hall–Kier alpha value is -2.37. The number of nitrogens with zero attached hydrogens (tertiary/aromatic N) is 2. The molecule has 2 N–H and O–H groups in total. The number of aromatic nitrogens is 2. The van der Waals surface area contributed by atoms with Crippen molar-refractivity contribution in [3.8, 4) is 5.75 Å². The Morgan fingerprint density at radius 2 is 2.05 bits per heavy atom. The van der Waals surface area contributed by atoms with Crippen molar-refractivity contribution in [1.29, 1.82) is 0 Å². The summed E-state index contributed by atoms with van der Waals surface area (Å²) in [5.41, 5.74) is 0.826.